The van der Waals surface area contributed by atoms with Crippen LogP contribution in [0.2, 0.25) is 5.02 Å². The van der Waals surface area contributed by atoms with Gasteiger partial charge in [0.15, 0.2) is 0 Å². The van der Waals surface area contributed by atoms with E-state index in [9.17, 15) is 5.11 Å². The van der Waals surface area contributed by atoms with Gasteiger partial charge in [-0.1, -0.05) is 25.4 Å². The third-order valence-corrected chi connectivity index (χ3v) is 2.99. The normalized spacial score (nSPS) is 14.4. The van der Waals surface area contributed by atoms with Gasteiger partial charge in [-0.2, -0.15) is 5.10 Å². The topological polar surface area (TPSA) is 60.2 Å². The van der Waals surface area contributed by atoms with E-state index in [1.54, 1.807) is 24.3 Å². The molecular formula is C13H16ClN3O2. The monoisotopic (exact) mass is 281 g/mol. The maximum Gasteiger partial charge on any atom is 0.218 e. The maximum atomic E-state index is 10.2. The molecule has 0 aliphatic heterocycles. The van der Waals surface area contributed by atoms with Gasteiger partial charge in [0.25, 0.3) is 0 Å². The van der Waals surface area contributed by atoms with Gasteiger partial charge < -0.3 is 9.84 Å². The molecule has 2 unspecified atom stereocenters. The van der Waals surface area contributed by atoms with Crippen molar-refractivity contribution < 1.29 is 9.84 Å². The number of rotatable bonds is 5. The fourth-order valence-electron chi connectivity index (χ4n) is 1.61. The molecule has 2 atom stereocenters. The van der Waals surface area contributed by atoms with Gasteiger partial charge in [-0.25, -0.2) is 9.67 Å². The Bertz CT molecular complexity index is 499. The summed E-state index contributed by atoms with van der Waals surface area (Å²) in [6.07, 6.45) is 1.61. The van der Waals surface area contributed by atoms with Crippen LogP contribution in [0, 0.1) is 5.92 Å². The molecule has 5 nitrogen and oxygen atoms in total. The summed E-state index contributed by atoms with van der Waals surface area (Å²) in [6, 6.07) is 6.96. The van der Waals surface area contributed by atoms with E-state index in [-0.39, 0.29) is 5.92 Å². The molecule has 0 aliphatic rings. The Morgan fingerprint density at radius 2 is 1.95 bits per heavy atom. The van der Waals surface area contributed by atoms with E-state index in [1.165, 1.54) is 17.3 Å². The van der Waals surface area contributed by atoms with Gasteiger partial charge in [-0.05, 0) is 30.2 Å². The smallest absolute Gasteiger partial charge is 0.218 e. The van der Waals surface area contributed by atoms with Crippen LogP contribution in [0.4, 0.5) is 0 Å². The molecule has 0 saturated carbocycles. The Morgan fingerprint density at radius 3 is 2.47 bits per heavy atom. The van der Waals surface area contributed by atoms with Crippen molar-refractivity contribution >= 4 is 11.6 Å². The van der Waals surface area contributed by atoms with Gasteiger partial charge in [0, 0.05) is 5.02 Å². The molecule has 102 valence electrons. The Hall–Kier alpha value is -1.59. The van der Waals surface area contributed by atoms with Crippen LogP contribution in [-0.4, -0.2) is 26.0 Å². The van der Waals surface area contributed by atoms with Crippen molar-refractivity contribution in [1.82, 2.24) is 14.8 Å². The summed E-state index contributed by atoms with van der Waals surface area (Å²) in [5.74, 6) is 0.645. The van der Waals surface area contributed by atoms with Crippen LogP contribution in [0.3, 0.4) is 0 Å². The van der Waals surface area contributed by atoms with E-state index in [0.29, 0.717) is 10.8 Å². The number of aliphatic hydroxyl groups is 1. The molecule has 0 amide bonds. The zero-order valence-corrected chi connectivity index (χ0v) is 11.5. The van der Waals surface area contributed by atoms with Gasteiger partial charge in [-0.15, -0.1) is 0 Å². The van der Waals surface area contributed by atoms with Crippen molar-refractivity contribution in [3.05, 3.63) is 41.9 Å². The average Bonchev–Trinajstić information content (AvgIpc) is 2.91. The summed E-state index contributed by atoms with van der Waals surface area (Å²) in [7, 11) is 0. The van der Waals surface area contributed by atoms with Crippen molar-refractivity contribution in [2.24, 2.45) is 5.92 Å². The predicted molar refractivity (Wildman–Crippen MR) is 72.0 cm³/mol. The lowest BCUT2D eigenvalue weighted by atomic mass is 10.1. The largest absolute Gasteiger partial charge is 0.466 e. The van der Waals surface area contributed by atoms with Crippen molar-refractivity contribution in [2.45, 2.75) is 26.2 Å². The number of hydrogen-bond acceptors (Lipinski definition) is 4. The first-order valence-electron chi connectivity index (χ1n) is 6.02. The number of aromatic nitrogens is 3. The molecule has 0 saturated heterocycles. The lowest BCUT2D eigenvalue weighted by Crippen LogP contribution is -2.33. The lowest BCUT2D eigenvalue weighted by molar-refractivity contribution is -0.0415. The molecule has 1 N–H and O–H groups in total. The number of hydrogen-bond donors (Lipinski definition) is 1. The maximum absolute atomic E-state index is 10.2. The first-order chi connectivity index (χ1) is 9.08. The van der Waals surface area contributed by atoms with Gasteiger partial charge in [-0.3, -0.25) is 0 Å². The quantitative estimate of drug-likeness (QED) is 0.915. The van der Waals surface area contributed by atoms with Crippen molar-refractivity contribution in [1.29, 1.82) is 0 Å². The Morgan fingerprint density at radius 1 is 1.26 bits per heavy atom. The van der Waals surface area contributed by atoms with Gasteiger partial charge in [0.1, 0.15) is 24.5 Å². The summed E-state index contributed by atoms with van der Waals surface area (Å²) in [5.41, 5.74) is 0. The molecular weight excluding hydrogens is 266 g/mol. The minimum atomic E-state index is -0.697. The fourth-order valence-corrected chi connectivity index (χ4v) is 1.74. The summed E-state index contributed by atoms with van der Waals surface area (Å²) in [6.45, 7) is 3.83. The second kappa shape index (κ2) is 6.04. The number of halogens is 1. The van der Waals surface area contributed by atoms with Crippen molar-refractivity contribution in [2.75, 3.05) is 0 Å². The second-order valence-electron chi connectivity index (χ2n) is 4.57. The van der Waals surface area contributed by atoms with E-state index in [4.69, 9.17) is 16.3 Å². The first kappa shape index (κ1) is 13.8. The minimum absolute atomic E-state index is 0.0292. The molecule has 0 bridgehead atoms. The molecule has 0 fully saturated rings. The zero-order valence-electron chi connectivity index (χ0n) is 10.8. The standard InChI is InChI=1S/C13H16ClN3O2/c1-9(2)12(18)13(17-8-15-7-16-17)19-11-5-3-10(14)4-6-11/h3-9,12-13,18H,1-2H3. The summed E-state index contributed by atoms with van der Waals surface area (Å²) < 4.78 is 7.29. The van der Waals surface area contributed by atoms with Crippen LogP contribution in [0.15, 0.2) is 36.9 Å². The molecule has 2 rings (SSSR count). The Kier molecular flexibility index (Phi) is 4.39. The van der Waals surface area contributed by atoms with Crippen LogP contribution in [-0.2, 0) is 0 Å². The molecule has 0 spiro atoms. The highest BCUT2D eigenvalue weighted by atomic mass is 35.5. The zero-order chi connectivity index (χ0) is 13.8. The second-order valence-corrected chi connectivity index (χ2v) is 5.01. The number of ether oxygens (including phenoxy) is 1. The third kappa shape index (κ3) is 3.45. The van der Waals surface area contributed by atoms with Crippen LogP contribution in [0.5, 0.6) is 5.75 Å². The Balaban J connectivity index is 2.21. The Labute approximate surface area is 116 Å². The van der Waals surface area contributed by atoms with E-state index in [1.807, 2.05) is 13.8 Å². The molecule has 0 radical (unpaired) electrons. The van der Waals surface area contributed by atoms with Crippen LogP contribution < -0.4 is 4.74 Å². The summed E-state index contributed by atoms with van der Waals surface area (Å²) in [4.78, 5) is 3.88. The molecule has 2 aromatic rings. The minimum Gasteiger partial charge on any atom is -0.466 e. The van der Waals surface area contributed by atoms with Crippen molar-refractivity contribution in [3.8, 4) is 5.75 Å². The molecule has 1 heterocycles. The van der Waals surface area contributed by atoms with Gasteiger partial charge >= 0.3 is 0 Å². The lowest BCUT2D eigenvalue weighted by Gasteiger charge is -2.26. The van der Waals surface area contributed by atoms with E-state index in [0.717, 1.165) is 0 Å². The van der Waals surface area contributed by atoms with Gasteiger partial charge in [0.2, 0.25) is 6.23 Å². The van der Waals surface area contributed by atoms with Crippen LogP contribution in [0.25, 0.3) is 0 Å². The summed E-state index contributed by atoms with van der Waals surface area (Å²) >= 11 is 5.83. The van der Waals surface area contributed by atoms with Crippen LogP contribution in [0.1, 0.15) is 20.1 Å². The average molecular weight is 282 g/mol. The SMILES string of the molecule is CC(C)C(O)C(Oc1ccc(Cl)cc1)n1cncn1. The van der Waals surface area contributed by atoms with E-state index in [2.05, 4.69) is 10.1 Å². The fraction of sp³-hybridized carbons (Fsp3) is 0.385. The molecule has 0 aliphatic carbocycles. The number of aliphatic hydroxyl groups excluding tert-OH is 1. The third-order valence-electron chi connectivity index (χ3n) is 2.74. The summed E-state index contributed by atoms with van der Waals surface area (Å²) in [5, 5.41) is 14.9. The highest BCUT2D eigenvalue weighted by Gasteiger charge is 2.26. The molecule has 6 heteroatoms. The van der Waals surface area contributed by atoms with Gasteiger partial charge in [0.05, 0.1) is 0 Å². The van der Waals surface area contributed by atoms with E-state index >= 15 is 0 Å². The highest BCUT2D eigenvalue weighted by molar-refractivity contribution is 6.30. The van der Waals surface area contributed by atoms with Crippen LogP contribution >= 0.6 is 11.6 Å². The number of benzene rings is 1. The van der Waals surface area contributed by atoms with E-state index < -0.39 is 12.3 Å². The van der Waals surface area contributed by atoms with Crippen molar-refractivity contribution in [3.63, 3.8) is 0 Å². The molecule has 1 aromatic heterocycles. The molecule has 19 heavy (non-hydrogen) atoms. The number of nitrogens with zero attached hydrogens (tertiary/aromatic N) is 3. The first-order valence-corrected chi connectivity index (χ1v) is 6.40. The highest BCUT2D eigenvalue weighted by Crippen LogP contribution is 2.24. The predicted octanol–water partition coefficient (Wildman–Crippen LogP) is 2.53. The molecule has 1 aromatic carbocycles.